The molecule has 0 fully saturated rings. The number of nitrogens with zero attached hydrogens (tertiary/aromatic N) is 6. The summed E-state index contributed by atoms with van der Waals surface area (Å²) >= 11 is 2.26. The third-order valence-corrected chi connectivity index (χ3v) is 6.98. The first-order chi connectivity index (χ1) is 17.0. The second kappa shape index (κ2) is 8.31. The van der Waals surface area contributed by atoms with Crippen LogP contribution < -0.4 is 11.3 Å². The van der Waals surface area contributed by atoms with Gasteiger partial charge in [0.15, 0.2) is 5.65 Å². The zero-order chi connectivity index (χ0) is 24.1. The van der Waals surface area contributed by atoms with Gasteiger partial charge in [-0.15, -0.1) is 0 Å². The average Bonchev–Trinajstić information content (AvgIpc) is 3.49. The Kier molecular flexibility index (Phi) is 5.10. The number of aromatic amines is 1. The minimum absolute atomic E-state index is 0.0691. The molecule has 0 aliphatic heterocycles. The Morgan fingerprint density at radius 1 is 1.09 bits per heavy atom. The SMILES string of the molecule is Cc1cccc2cc(Cn3nc(-c4cn[nH]c4)c4c(N)ncnc43)n(-c3ccccc3I)c(=O)c12. The molecular weight excluding hydrogens is 555 g/mol. The summed E-state index contributed by atoms with van der Waals surface area (Å²) in [4.78, 5) is 22.5. The molecule has 0 saturated heterocycles. The van der Waals surface area contributed by atoms with Crippen molar-refractivity contribution in [2.24, 2.45) is 0 Å². The van der Waals surface area contributed by atoms with E-state index >= 15 is 0 Å². The van der Waals surface area contributed by atoms with E-state index in [0.717, 1.165) is 31.5 Å². The number of nitrogens with one attached hydrogen (secondary N) is 1. The highest BCUT2D eigenvalue weighted by molar-refractivity contribution is 14.1. The Balaban J connectivity index is 1.64. The van der Waals surface area contributed by atoms with Crippen molar-refractivity contribution >= 4 is 50.2 Å². The van der Waals surface area contributed by atoms with Crippen molar-refractivity contribution in [3.63, 3.8) is 0 Å². The van der Waals surface area contributed by atoms with E-state index in [2.05, 4.69) is 42.8 Å². The molecule has 10 heteroatoms. The predicted molar refractivity (Wildman–Crippen MR) is 143 cm³/mol. The van der Waals surface area contributed by atoms with Gasteiger partial charge in [-0.25, -0.2) is 14.6 Å². The van der Waals surface area contributed by atoms with Crippen molar-refractivity contribution < 1.29 is 0 Å². The van der Waals surface area contributed by atoms with Crippen molar-refractivity contribution in [3.05, 3.63) is 92.4 Å². The number of halogens is 1. The molecule has 6 rings (SSSR count). The number of para-hydroxylation sites is 1. The fourth-order valence-electron chi connectivity index (χ4n) is 4.48. The van der Waals surface area contributed by atoms with Gasteiger partial charge >= 0.3 is 0 Å². The van der Waals surface area contributed by atoms with Crippen LogP contribution in [-0.2, 0) is 6.54 Å². The number of nitrogen functional groups attached to an aromatic ring is 1. The summed E-state index contributed by atoms with van der Waals surface area (Å²) in [5.41, 5.74) is 10.7. The number of H-pyrrole nitrogens is 1. The molecule has 0 aliphatic carbocycles. The Morgan fingerprint density at radius 2 is 1.94 bits per heavy atom. The molecule has 2 aromatic carbocycles. The van der Waals surface area contributed by atoms with Crippen LogP contribution in [0.4, 0.5) is 5.82 Å². The third kappa shape index (κ3) is 3.48. The smallest absolute Gasteiger partial charge is 0.263 e. The highest BCUT2D eigenvalue weighted by Crippen LogP contribution is 2.30. The standard InChI is InChI=1S/C25H19IN8O/c1-14-5-4-6-15-9-17(34(25(35)20(14)15)19-8-3-2-7-18(19)26)12-33-24-21(23(27)28-13-29-24)22(32-33)16-10-30-31-11-16/h2-11,13H,12H2,1H3,(H,30,31)(H2,27,28,29). The van der Waals surface area contributed by atoms with Crippen LogP contribution in [0.2, 0.25) is 0 Å². The van der Waals surface area contributed by atoms with E-state index in [0.29, 0.717) is 34.5 Å². The number of aryl methyl sites for hydroxylation is 1. The van der Waals surface area contributed by atoms with Crippen molar-refractivity contribution in [1.29, 1.82) is 0 Å². The van der Waals surface area contributed by atoms with Gasteiger partial charge < -0.3 is 5.73 Å². The van der Waals surface area contributed by atoms with Gasteiger partial charge in [-0.05, 0) is 58.7 Å². The minimum atomic E-state index is -0.0691. The number of pyridine rings is 1. The van der Waals surface area contributed by atoms with Gasteiger partial charge in [-0.3, -0.25) is 14.5 Å². The molecule has 0 saturated carbocycles. The van der Waals surface area contributed by atoms with E-state index in [9.17, 15) is 4.79 Å². The first kappa shape index (κ1) is 21.5. The molecule has 0 spiro atoms. The number of rotatable bonds is 4. The summed E-state index contributed by atoms with van der Waals surface area (Å²) in [6, 6.07) is 15.8. The van der Waals surface area contributed by atoms with Crippen LogP contribution >= 0.6 is 22.6 Å². The molecule has 9 nitrogen and oxygen atoms in total. The zero-order valence-electron chi connectivity index (χ0n) is 18.6. The molecule has 172 valence electrons. The first-order valence-corrected chi connectivity index (χ1v) is 12.0. The monoisotopic (exact) mass is 574 g/mol. The Hall–Kier alpha value is -4.06. The van der Waals surface area contributed by atoms with Crippen molar-refractivity contribution in [1.82, 2.24) is 34.5 Å². The quantitative estimate of drug-likeness (QED) is 0.307. The Labute approximate surface area is 212 Å². The van der Waals surface area contributed by atoms with Gasteiger partial charge in [0, 0.05) is 21.0 Å². The summed E-state index contributed by atoms with van der Waals surface area (Å²) in [7, 11) is 0. The topological polar surface area (TPSA) is 120 Å². The molecule has 4 aromatic heterocycles. The van der Waals surface area contributed by atoms with E-state index in [1.54, 1.807) is 21.6 Å². The maximum absolute atomic E-state index is 13.9. The fraction of sp³-hybridized carbons (Fsp3) is 0.0800. The van der Waals surface area contributed by atoms with Crippen LogP contribution in [0.1, 0.15) is 11.3 Å². The van der Waals surface area contributed by atoms with Crippen molar-refractivity contribution in [3.8, 4) is 16.9 Å². The summed E-state index contributed by atoms with van der Waals surface area (Å²) < 4.78 is 4.50. The van der Waals surface area contributed by atoms with E-state index in [4.69, 9.17) is 10.8 Å². The second-order valence-corrected chi connectivity index (χ2v) is 9.38. The van der Waals surface area contributed by atoms with E-state index in [-0.39, 0.29) is 5.56 Å². The van der Waals surface area contributed by atoms with E-state index < -0.39 is 0 Å². The molecule has 3 N–H and O–H groups in total. The lowest BCUT2D eigenvalue weighted by Gasteiger charge is -2.17. The van der Waals surface area contributed by atoms with Gasteiger partial charge in [0.1, 0.15) is 17.8 Å². The van der Waals surface area contributed by atoms with Gasteiger partial charge in [0.25, 0.3) is 5.56 Å². The molecule has 0 atom stereocenters. The largest absolute Gasteiger partial charge is 0.383 e. The van der Waals surface area contributed by atoms with Gasteiger partial charge in [0.05, 0.1) is 29.2 Å². The molecule has 0 aliphatic rings. The molecular formula is C25H19IN8O. The molecule has 0 unspecified atom stereocenters. The number of fused-ring (bicyclic) bond motifs is 2. The van der Waals surface area contributed by atoms with Crippen molar-refractivity contribution in [2.45, 2.75) is 13.5 Å². The minimum Gasteiger partial charge on any atom is -0.383 e. The normalized spacial score (nSPS) is 11.5. The van der Waals surface area contributed by atoms with Gasteiger partial charge in [0.2, 0.25) is 0 Å². The zero-order valence-corrected chi connectivity index (χ0v) is 20.8. The summed E-state index contributed by atoms with van der Waals surface area (Å²) in [6.07, 6.45) is 4.85. The lowest BCUT2D eigenvalue weighted by Crippen LogP contribution is -2.25. The number of hydrogen-bond donors (Lipinski definition) is 2. The summed E-state index contributed by atoms with van der Waals surface area (Å²) in [5, 5.41) is 13.9. The number of nitrogens with two attached hydrogens (primary N) is 1. The van der Waals surface area contributed by atoms with Crippen LogP contribution in [0.25, 0.3) is 38.8 Å². The van der Waals surface area contributed by atoms with Gasteiger partial charge in [-0.2, -0.15) is 10.2 Å². The van der Waals surface area contributed by atoms with E-state index in [1.807, 2.05) is 55.5 Å². The summed E-state index contributed by atoms with van der Waals surface area (Å²) in [5.74, 6) is 0.335. The van der Waals surface area contributed by atoms with Crippen LogP contribution in [0.15, 0.2) is 72.0 Å². The number of anilines is 1. The fourth-order valence-corrected chi connectivity index (χ4v) is 5.11. The number of hydrogen-bond acceptors (Lipinski definition) is 6. The first-order valence-electron chi connectivity index (χ1n) is 10.9. The van der Waals surface area contributed by atoms with Crippen LogP contribution in [0.5, 0.6) is 0 Å². The predicted octanol–water partition coefficient (Wildman–Crippen LogP) is 4.06. The van der Waals surface area contributed by atoms with E-state index in [1.165, 1.54) is 6.33 Å². The second-order valence-electron chi connectivity index (χ2n) is 8.22. The molecule has 0 bridgehead atoms. The highest BCUT2D eigenvalue weighted by atomic mass is 127. The molecule has 0 amide bonds. The van der Waals surface area contributed by atoms with Crippen LogP contribution in [0, 0.1) is 10.5 Å². The maximum atomic E-state index is 13.9. The van der Waals surface area contributed by atoms with Gasteiger partial charge in [-0.1, -0.05) is 30.3 Å². The Morgan fingerprint density at radius 3 is 2.74 bits per heavy atom. The maximum Gasteiger partial charge on any atom is 0.263 e. The van der Waals surface area contributed by atoms with Crippen molar-refractivity contribution in [2.75, 3.05) is 5.73 Å². The summed E-state index contributed by atoms with van der Waals surface area (Å²) in [6.45, 7) is 2.26. The van der Waals surface area contributed by atoms with Crippen LogP contribution in [0.3, 0.4) is 0 Å². The van der Waals surface area contributed by atoms with Crippen LogP contribution in [-0.4, -0.2) is 34.5 Å². The Bertz CT molecular complexity index is 1790. The molecule has 0 radical (unpaired) electrons. The lowest BCUT2D eigenvalue weighted by atomic mass is 10.1. The number of aromatic nitrogens is 7. The third-order valence-electron chi connectivity index (χ3n) is 6.07. The number of benzene rings is 2. The molecule has 6 aromatic rings. The average molecular weight is 574 g/mol. The molecule has 35 heavy (non-hydrogen) atoms. The highest BCUT2D eigenvalue weighted by Gasteiger charge is 2.20. The lowest BCUT2D eigenvalue weighted by molar-refractivity contribution is 0.672. The molecule has 4 heterocycles.